The van der Waals surface area contributed by atoms with Crippen LogP contribution in [0.25, 0.3) is 0 Å². The van der Waals surface area contributed by atoms with Crippen LogP contribution in [0, 0.1) is 6.92 Å². The van der Waals surface area contributed by atoms with E-state index in [4.69, 9.17) is 0 Å². The first-order valence-electron chi connectivity index (χ1n) is 6.15. The second-order valence-electron chi connectivity index (χ2n) is 4.21. The Bertz CT molecular complexity index is 642. The number of nitrogens with one attached hydrogen (secondary N) is 2. The zero-order chi connectivity index (χ0) is 14.4. The molecule has 0 atom stereocenters. The number of hydrogen-bond acceptors (Lipinski definition) is 5. The van der Waals surface area contributed by atoms with Crippen LogP contribution >= 0.6 is 0 Å². The van der Waals surface area contributed by atoms with Crippen molar-refractivity contribution >= 4 is 16.0 Å². The molecule has 0 bridgehead atoms. The molecule has 106 valence electrons. The van der Waals surface area contributed by atoms with Crippen molar-refractivity contribution in [3.63, 3.8) is 0 Å². The minimum Gasteiger partial charge on any atom is -0.353 e. The largest absolute Gasteiger partial charge is 0.353 e. The van der Waals surface area contributed by atoms with Crippen LogP contribution in [0.15, 0.2) is 47.6 Å². The fourth-order valence-electron chi connectivity index (χ4n) is 1.55. The summed E-state index contributed by atoms with van der Waals surface area (Å²) in [5.74, 6) is 0.474. The number of aromatic nitrogens is 2. The molecule has 1 aromatic heterocycles. The van der Waals surface area contributed by atoms with Crippen LogP contribution in [0.3, 0.4) is 0 Å². The van der Waals surface area contributed by atoms with Crippen molar-refractivity contribution in [1.82, 2.24) is 14.7 Å². The third kappa shape index (κ3) is 4.01. The van der Waals surface area contributed by atoms with Crippen LogP contribution in [-0.4, -0.2) is 31.5 Å². The highest BCUT2D eigenvalue weighted by Crippen LogP contribution is 2.09. The van der Waals surface area contributed by atoms with Gasteiger partial charge in [-0.05, 0) is 25.1 Å². The number of rotatable bonds is 6. The van der Waals surface area contributed by atoms with Crippen LogP contribution in [0.1, 0.15) is 5.56 Å². The van der Waals surface area contributed by atoms with E-state index in [2.05, 4.69) is 20.0 Å². The maximum atomic E-state index is 12.0. The first-order valence-corrected chi connectivity index (χ1v) is 7.63. The maximum absolute atomic E-state index is 12.0. The summed E-state index contributed by atoms with van der Waals surface area (Å²) in [6.07, 6.45) is 3.23. The molecule has 0 aliphatic rings. The number of hydrogen-bond donors (Lipinski definition) is 2. The SMILES string of the molecule is Cc1ccc(S(=O)(=O)NCCNc2ncccn2)cc1. The molecule has 7 heteroatoms. The summed E-state index contributed by atoms with van der Waals surface area (Å²) >= 11 is 0. The van der Waals surface area contributed by atoms with E-state index in [1.54, 1.807) is 42.7 Å². The summed E-state index contributed by atoms with van der Waals surface area (Å²) in [6.45, 7) is 2.58. The average Bonchev–Trinajstić information content (AvgIpc) is 2.45. The lowest BCUT2D eigenvalue weighted by Gasteiger charge is -2.08. The van der Waals surface area contributed by atoms with E-state index in [1.165, 1.54) is 0 Å². The molecule has 0 saturated carbocycles. The van der Waals surface area contributed by atoms with Gasteiger partial charge in [0.15, 0.2) is 0 Å². The highest BCUT2D eigenvalue weighted by molar-refractivity contribution is 7.89. The van der Waals surface area contributed by atoms with Gasteiger partial charge in [0.25, 0.3) is 0 Å². The van der Waals surface area contributed by atoms with E-state index >= 15 is 0 Å². The molecule has 0 aliphatic carbocycles. The lowest BCUT2D eigenvalue weighted by atomic mass is 10.2. The summed E-state index contributed by atoms with van der Waals surface area (Å²) in [6, 6.07) is 8.43. The van der Waals surface area contributed by atoms with Crippen LogP contribution in [-0.2, 0) is 10.0 Å². The molecule has 20 heavy (non-hydrogen) atoms. The highest BCUT2D eigenvalue weighted by atomic mass is 32.2. The van der Waals surface area contributed by atoms with Gasteiger partial charge in [-0.15, -0.1) is 0 Å². The minimum absolute atomic E-state index is 0.258. The predicted octanol–water partition coefficient (Wildman–Crippen LogP) is 1.18. The molecular weight excluding hydrogens is 276 g/mol. The molecule has 0 unspecified atom stereocenters. The predicted molar refractivity (Wildman–Crippen MR) is 76.9 cm³/mol. The van der Waals surface area contributed by atoms with Gasteiger partial charge in [-0.2, -0.15) is 0 Å². The zero-order valence-corrected chi connectivity index (χ0v) is 11.9. The van der Waals surface area contributed by atoms with Crippen LogP contribution in [0.2, 0.25) is 0 Å². The van der Waals surface area contributed by atoms with Crippen LogP contribution < -0.4 is 10.0 Å². The second kappa shape index (κ2) is 6.44. The van der Waals surface area contributed by atoms with Gasteiger partial charge in [-0.25, -0.2) is 23.1 Å². The molecule has 0 saturated heterocycles. The van der Waals surface area contributed by atoms with Gasteiger partial charge in [-0.1, -0.05) is 17.7 Å². The van der Waals surface area contributed by atoms with Crippen molar-refractivity contribution in [2.75, 3.05) is 18.4 Å². The fraction of sp³-hybridized carbons (Fsp3) is 0.231. The number of sulfonamides is 1. The van der Waals surface area contributed by atoms with E-state index in [0.717, 1.165) is 5.56 Å². The number of benzene rings is 1. The maximum Gasteiger partial charge on any atom is 0.240 e. The Morgan fingerprint density at radius 3 is 2.35 bits per heavy atom. The summed E-state index contributed by atoms with van der Waals surface area (Å²) < 4.78 is 26.5. The molecule has 1 aromatic carbocycles. The van der Waals surface area contributed by atoms with Crippen molar-refractivity contribution in [3.05, 3.63) is 48.3 Å². The molecule has 2 aromatic rings. The molecule has 0 spiro atoms. The van der Waals surface area contributed by atoms with E-state index in [9.17, 15) is 8.42 Å². The van der Waals surface area contributed by atoms with Gasteiger partial charge in [0.1, 0.15) is 0 Å². The average molecular weight is 292 g/mol. The lowest BCUT2D eigenvalue weighted by Crippen LogP contribution is -2.29. The Morgan fingerprint density at radius 2 is 1.70 bits per heavy atom. The Morgan fingerprint density at radius 1 is 1.05 bits per heavy atom. The normalized spacial score (nSPS) is 11.2. The topological polar surface area (TPSA) is 84.0 Å². The zero-order valence-electron chi connectivity index (χ0n) is 11.1. The van der Waals surface area contributed by atoms with E-state index < -0.39 is 10.0 Å². The van der Waals surface area contributed by atoms with Crippen molar-refractivity contribution in [2.24, 2.45) is 0 Å². The van der Waals surface area contributed by atoms with Crippen molar-refractivity contribution in [3.8, 4) is 0 Å². The first kappa shape index (κ1) is 14.4. The van der Waals surface area contributed by atoms with Gasteiger partial charge < -0.3 is 5.32 Å². The monoisotopic (exact) mass is 292 g/mol. The molecule has 2 rings (SSSR count). The van der Waals surface area contributed by atoms with Crippen molar-refractivity contribution < 1.29 is 8.42 Å². The molecule has 0 radical (unpaired) electrons. The third-order valence-corrected chi connectivity index (χ3v) is 4.07. The molecule has 2 N–H and O–H groups in total. The fourth-order valence-corrected chi connectivity index (χ4v) is 2.58. The van der Waals surface area contributed by atoms with Crippen LogP contribution in [0.4, 0.5) is 5.95 Å². The Balaban J connectivity index is 1.85. The van der Waals surface area contributed by atoms with Crippen molar-refractivity contribution in [2.45, 2.75) is 11.8 Å². The summed E-state index contributed by atoms with van der Waals surface area (Å²) in [4.78, 5) is 8.23. The molecule has 6 nitrogen and oxygen atoms in total. The molecule has 0 amide bonds. The highest BCUT2D eigenvalue weighted by Gasteiger charge is 2.12. The molecule has 0 fully saturated rings. The second-order valence-corrected chi connectivity index (χ2v) is 5.98. The van der Waals surface area contributed by atoms with E-state index in [0.29, 0.717) is 12.5 Å². The smallest absolute Gasteiger partial charge is 0.240 e. The van der Waals surface area contributed by atoms with Gasteiger partial charge in [-0.3, -0.25) is 0 Å². The quantitative estimate of drug-likeness (QED) is 0.781. The Kier molecular flexibility index (Phi) is 4.65. The summed E-state index contributed by atoms with van der Waals surface area (Å²) in [7, 11) is -3.46. The third-order valence-electron chi connectivity index (χ3n) is 2.60. The molecular formula is C13H16N4O2S. The minimum atomic E-state index is -3.46. The van der Waals surface area contributed by atoms with Gasteiger partial charge in [0.2, 0.25) is 16.0 Å². The summed E-state index contributed by atoms with van der Waals surface area (Å²) in [5.41, 5.74) is 1.02. The first-order chi connectivity index (χ1) is 9.58. The van der Waals surface area contributed by atoms with Crippen LogP contribution in [0.5, 0.6) is 0 Å². The van der Waals surface area contributed by atoms with Gasteiger partial charge >= 0.3 is 0 Å². The molecule has 1 heterocycles. The van der Waals surface area contributed by atoms with E-state index in [-0.39, 0.29) is 11.4 Å². The molecule has 0 aliphatic heterocycles. The van der Waals surface area contributed by atoms with Gasteiger partial charge in [0.05, 0.1) is 4.90 Å². The van der Waals surface area contributed by atoms with Gasteiger partial charge in [0, 0.05) is 25.5 Å². The Hall–Kier alpha value is -1.99. The summed E-state index contributed by atoms with van der Waals surface area (Å²) in [5, 5.41) is 2.93. The Labute approximate surface area is 118 Å². The number of nitrogens with zero attached hydrogens (tertiary/aromatic N) is 2. The lowest BCUT2D eigenvalue weighted by molar-refractivity contribution is 0.583. The number of anilines is 1. The standard InChI is InChI=1S/C13H16N4O2S/c1-11-3-5-12(6-4-11)20(18,19)17-10-9-16-13-14-7-2-8-15-13/h2-8,17H,9-10H2,1H3,(H,14,15,16). The van der Waals surface area contributed by atoms with Crippen molar-refractivity contribution in [1.29, 1.82) is 0 Å². The number of aryl methyl sites for hydroxylation is 1. The van der Waals surface area contributed by atoms with E-state index in [1.807, 2.05) is 6.92 Å².